The van der Waals surface area contributed by atoms with Gasteiger partial charge in [-0.2, -0.15) is 0 Å². The van der Waals surface area contributed by atoms with Gasteiger partial charge in [-0.25, -0.2) is 9.59 Å². The highest BCUT2D eigenvalue weighted by atomic mass is 16.5. The Bertz CT molecular complexity index is 551. The maximum atomic E-state index is 12.3. The van der Waals surface area contributed by atoms with Gasteiger partial charge in [0.15, 0.2) is 0 Å². The van der Waals surface area contributed by atoms with Crippen LogP contribution in [0.5, 0.6) is 5.75 Å². The smallest absolute Gasteiger partial charge is 0.346 e. The fourth-order valence-electron chi connectivity index (χ4n) is 1.99. The zero-order chi connectivity index (χ0) is 15.6. The molecule has 0 radical (unpaired) electrons. The average Bonchev–Trinajstić information content (AvgIpc) is 2.42. The molecule has 6 nitrogen and oxygen atoms in total. The molecule has 1 aliphatic heterocycles. The summed E-state index contributed by atoms with van der Waals surface area (Å²) in [5.74, 6) is -0.680. The van der Waals surface area contributed by atoms with Crippen LogP contribution < -0.4 is 15.0 Å². The molecular formula is C15H20N2O4. The Kier molecular flexibility index (Phi) is 4.06. The summed E-state index contributed by atoms with van der Waals surface area (Å²) >= 11 is 0. The summed E-state index contributed by atoms with van der Waals surface area (Å²) in [6.45, 7) is 6.53. The average molecular weight is 292 g/mol. The van der Waals surface area contributed by atoms with E-state index in [1.165, 1.54) is 4.90 Å². The minimum absolute atomic E-state index is 0.0116. The summed E-state index contributed by atoms with van der Waals surface area (Å²) in [7, 11) is 0. The van der Waals surface area contributed by atoms with Gasteiger partial charge >= 0.3 is 12.0 Å². The van der Waals surface area contributed by atoms with E-state index in [-0.39, 0.29) is 18.0 Å². The van der Waals surface area contributed by atoms with Gasteiger partial charge in [-0.05, 0) is 17.5 Å². The number of amides is 2. The fraction of sp³-hybridized carbons (Fsp3) is 0.467. The molecule has 2 rings (SSSR count). The number of carboxylic acids is 1. The first-order valence-electron chi connectivity index (χ1n) is 6.82. The predicted molar refractivity (Wildman–Crippen MR) is 78.7 cm³/mol. The lowest BCUT2D eigenvalue weighted by Gasteiger charge is -2.33. The first-order chi connectivity index (χ1) is 9.78. The van der Waals surface area contributed by atoms with Gasteiger partial charge in [0, 0.05) is 6.54 Å². The van der Waals surface area contributed by atoms with Crippen molar-refractivity contribution >= 4 is 17.7 Å². The van der Waals surface area contributed by atoms with Crippen LogP contribution in [-0.4, -0.2) is 36.3 Å². The quantitative estimate of drug-likeness (QED) is 0.875. The van der Waals surface area contributed by atoms with Crippen LogP contribution in [0, 0.1) is 5.41 Å². The van der Waals surface area contributed by atoms with Gasteiger partial charge in [0.25, 0.3) is 0 Å². The molecule has 2 N–H and O–H groups in total. The molecule has 0 bridgehead atoms. The molecule has 2 amide bonds. The second-order valence-corrected chi connectivity index (χ2v) is 6.24. The number of para-hydroxylation sites is 2. The second kappa shape index (κ2) is 5.63. The van der Waals surface area contributed by atoms with Gasteiger partial charge in [0.05, 0.1) is 12.2 Å². The van der Waals surface area contributed by atoms with E-state index in [1.807, 2.05) is 20.8 Å². The highest BCUT2D eigenvalue weighted by Crippen LogP contribution is 2.33. The third-order valence-electron chi connectivity index (χ3n) is 3.06. The van der Waals surface area contributed by atoms with Gasteiger partial charge in [-0.1, -0.05) is 32.9 Å². The summed E-state index contributed by atoms with van der Waals surface area (Å²) < 4.78 is 5.40. The molecule has 0 aliphatic carbocycles. The van der Waals surface area contributed by atoms with E-state index in [0.717, 1.165) is 0 Å². The predicted octanol–water partition coefficient (Wildman–Crippen LogP) is 2.09. The Balaban J connectivity index is 2.21. The van der Waals surface area contributed by atoms with Crippen molar-refractivity contribution in [2.75, 3.05) is 18.0 Å². The number of fused-ring (bicyclic) bond motifs is 1. The molecular weight excluding hydrogens is 272 g/mol. The maximum Gasteiger partial charge on any atom is 0.346 e. The van der Waals surface area contributed by atoms with E-state index in [1.54, 1.807) is 24.3 Å². The number of carboxylic acid groups (broad SMARTS) is 1. The van der Waals surface area contributed by atoms with E-state index in [9.17, 15) is 9.59 Å². The zero-order valence-electron chi connectivity index (χ0n) is 12.4. The van der Waals surface area contributed by atoms with Crippen LogP contribution in [0.15, 0.2) is 24.3 Å². The second-order valence-electron chi connectivity index (χ2n) is 6.24. The number of nitrogens with one attached hydrogen (secondary N) is 1. The van der Waals surface area contributed by atoms with Crippen molar-refractivity contribution in [2.24, 2.45) is 5.41 Å². The first-order valence-corrected chi connectivity index (χ1v) is 6.82. The minimum Gasteiger partial charge on any atom is -0.478 e. The van der Waals surface area contributed by atoms with Crippen molar-refractivity contribution in [2.45, 2.75) is 26.9 Å². The largest absolute Gasteiger partial charge is 0.478 e. The normalized spacial score (nSPS) is 17.7. The minimum atomic E-state index is -1.09. The third kappa shape index (κ3) is 3.65. The van der Waals surface area contributed by atoms with Gasteiger partial charge in [0.2, 0.25) is 6.10 Å². The Hall–Kier alpha value is -2.24. The van der Waals surface area contributed by atoms with Crippen LogP contribution in [0.2, 0.25) is 0 Å². The molecule has 1 aromatic carbocycles. The summed E-state index contributed by atoms with van der Waals surface area (Å²) in [4.78, 5) is 24.9. The number of carbonyl (C=O) groups excluding carboxylic acids is 1. The van der Waals surface area contributed by atoms with Crippen molar-refractivity contribution in [3.05, 3.63) is 24.3 Å². The SMILES string of the molecule is CC(C)(C)CNC(=O)N1CC(C(=O)O)Oc2ccccc21. The van der Waals surface area contributed by atoms with Gasteiger partial charge in [-0.3, -0.25) is 4.90 Å². The molecule has 1 aliphatic rings. The van der Waals surface area contributed by atoms with Gasteiger partial charge in [0.1, 0.15) is 5.75 Å². The number of hydrogen-bond donors (Lipinski definition) is 2. The molecule has 21 heavy (non-hydrogen) atoms. The number of ether oxygens (including phenoxy) is 1. The summed E-state index contributed by atoms with van der Waals surface area (Å²) in [5, 5.41) is 12.0. The molecule has 114 valence electrons. The molecule has 1 unspecified atom stereocenters. The zero-order valence-corrected chi connectivity index (χ0v) is 12.4. The molecule has 6 heteroatoms. The molecule has 1 atom stereocenters. The Morgan fingerprint density at radius 1 is 1.38 bits per heavy atom. The van der Waals surface area contributed by atoms with Crippen LogP contribution >= 0.6 is 0 Å². The number of aliphatic carboxylic acids is 1. The molecule has 0 aromatic heterocycles. The lowest BCUT2D eigenvalue weighted by Crippen LogP contribution is -2.51. The summed E-state index contributed by atoms with van der Waals surface area (Å²) in [6.07, 6.45) is -1.06. The molecule has 0 spiro atoms. The molecule has 0 fully saturated rings. The number of anilines is 1. The van der Waals surface area contributed by atoms with E-state index in [2.05, 4.69) is 5.32 Å². The monoisotopic (exact) mass is 292 g/mol. The number of carbonyl (C=O) groups is 2. The van der Waals surface area contributed by atoms with Crippen LogP contribution in [0.25, 0.3) is 0 Å². The van der Waals surface area contributed by atoms with Crippen molar-refractivity contribution in [3.63, 3.8) is 0 Å². The molecule has 0 saturated heterocycles. The van der Waals surface area contributed by atoms with Crippen molar-refractivity contribution in [3.8, 4) is 5.75 Å². The Morgan fingerprint density at radius 3 is 2.67 bits per heavy atom. The van der Waals surface area contributed by atoms with Crippen molar-refractivity contribution in [1.82, 2.24) is 5.32 Å². The number of nitrogens with zero attached hydrogens (tertiary/aromatic N) is 1. The number of rotatable bonds is 2. The lowest BCUT2D eigenvalue weighted by molar-refractivity contribution is -0.144. The maximum absolute atomic E-state index is 12.3. The number of urea groups is 1. The highest BCUT2D eigenvalue weighted by molar-refractivity contribution is 5.95. The third-order valence-corrected chi connectivity index (χ3v) is 3.06. The van der Waals surface area contributed by atoms with Crippen LogP contribution in [0.4, 0.5) is 10.5 Å². The van der Waals surface area contributed by atoms with Gasteiger partial charge in [-0.15, -0.1) is 0 Å². The topological polar surface area (TPSA) is 78.9 Å². The highest BCUT2D eigenvalue weighted by Gasteiger charge is 2.33. The van der Waals surface area contributed by atoms with Crippen molar-refractivity contribution < 1.29 is 19.4 Å². The van der Waals surface area contributed by atoms with Crippen LogP contribution in [0.1, 0.15) is 20.8 Å². The van der Waals surface area contributed by atoms with Crippen molar-refractivity contribution in [1.29, 1.82) is 0 Å². The molecule has 1 heterocycles. The van der Waals surface area contributed by atoms with E-state index in [4.69, 9.17) is 9.84 Å². The lowest BCUT2D eigenvalue weighted by atomic mass is 9.97. The number of hydrogen-bond acceptors (Lipinski definition) is 3. The molecule has 0 saturated carbocycles. The Morgan fingerprint density at radius 2 is 2.05 bits per heavy atom. The van der Waals surface area contributed by atoms with E-state index >= 15 is 0 Å². The Labute approximate surface area is 123 Å². The standard InChI is InChI=1S/C15H20N2O4/c1-15(2,3)9-16-14(20)17-8-12(13(18)19)21-11-7-5-4-6-10(11)17/h4-7,12H,8-9H2,1-3H3,(H,16,20)(H,18,19). The van der Waals surface area contributed by atoms with Gasteiger partial charge < -0.3 is 15.2 Å². The van der Waals surface area contributed by atoms with E-state index < -0.39 is 12.1 Å². The summed E-state index contributed by atoms with van der Waals surface area (Å²) in [5.41, 5.74) is 0.537. The molecule has 1 aromatic rings. The van der Waals surface area contributed by atoms with Crippen LogP contribution in [-0.2, 0) is 4.79 Å². The number of benzene rings is 1. The summed E-state index contributed by atoms with van der Waals surface area (Å²) in [6, 6.07) is 6.62. The van der Waals surface area contributed by atoms with Crippen LogP contribution in [0.3, 0.4) is 0 Å². The van der Waals surface area contributed by atoms with E-state index in [0.29, 0.717) is 18.0 Å². The fourth-order valence-corrected chi connectivity index (χ4v) is 1.99. The first kappa shape index (κ1) is 15.2.